The van der Waals surface area contributed by atoms with Gasteiger partial charge in [-0.1, -0.05) is 25.2 Å². The zero-order chi connectivity index (χ0) is 15.2. The summed E-state index contributed by atoms with van der Waals surface area (Å²) in [5.41, 5.74) is 5.82. The van der Waals surface area contributed by atoms with Crippen LogP contribution in [0.4, 0.5) is 5.82 Å². The molecule has 0 bridgehead atoms. The lowest BCUT2D eigenvalue weighted by Gasteiger charge is -2.39. The largest absolute Gasteiger partial charge is 0.478 e. The summed E-state index contributed by atoms with van der Waals surface area (Å²) >= 11 is 5.16. The molecule has 6 heteroatoms. The van der Waals surface area contributed by atoms with Gasteiger partial charge in [0, 0.05) is 32.2 Å². The molecule has 116 valence electrons. The van der Waals surface area contributed by atoms with Gasteiger partial charge >= 0.3 is 0 Å². The van der Waals surface area contributed by atoms with Crippen LogP contribution in [-0.4, -0.2) is 53.7 Å². The molecule has 1 unspecified atom stereocenters. The molecule has 21 heavy (non-hydrogen) atoms. The van der Waals surface area contributed by atoms with Crippen molar-refractivity contribution in [3.8, 4) is 5.88 Å². The molecule has 2 N–H and O–H groups in total. The summed E-state index contributed by atoms with van der Waals surface area (Å²) in [5, 5.41) is 0. The fourth-order valence-electron chi connectivity index (χ4n) is 2.71. The van der Waals surface area contributed by atoms with Crippen molar-refractivity contribution in [2.45, 2.75) is 26.3 Å². The van der Waals surface area contributed by atoms with Crippen molar-refractivity contribution in [3.05, 3.63) is 18.2 Å². The topological polar surface area (TPSA) is 54.6 Å². The van der Waals surface area contributed by atoms with Crippen LogP contribution in [0.3, 0.4) is 0 Å². The standard InChI is InChI=1S/C15H24N4OS/c1-3-12(15(16)21)18-8-10-19(11-9-18)13-6-5-7-14(17-13)20-4-2/h5-7,12H,3-4,8-11H2,1-2H3,(H2,16,21). The van der Waals surface area contributed by atoms with E-state index < -0.39 is 0 Å². The lowest BCUT2D eigenvalue weighted by Crippen LogP contribution is -2.53. The van der Waals surface area contributed by atoms with Gasteiger partial charge in [0.15, 0.2) is 0 Å². The molecule has 0 amide bonds. The number of nitrogens with two attached hydrogens (primary N) is 1. The van der Waals surface area contributed by atoms with Gasteiger partial charge in [-0.3, -0.25) is 4.90 Å². The Bertz CT molecular complexity index is 474. The van der Waals surface area contributed by atoms with E-state index in [1.54, 1.807) is 0 Å². The molecule has 1 aromatic heterocycles. The Labute approximate surface area is 132 Å². The molecular weight excluding hydrogens is 284 g/mol. The SMILES string of the molecule is CCOc1cccc(N2CCN(C(CC)C(N)=S)CC2)n1. The fourth-order valence-corrected chi connectivity index (χ4v) is 3.03. The van der Waals surface area contributed by atoms with Crippen molar-refractivity contribution < 1.29 is 4.74 Å². The maximum absolute atomic E-state index is 5.82. The molecule has 1 aromatic rings. The number of hydrogen-bond donors (Lipinski definition) is 1. The average molecular weight is 308 g/mol. The molecule has 1 saturated heterocycles. The molecule has 5 nitrogen and oxygen atoms in total. The molecule has 0 saturated carbocycles. The normalized spacial score (nSPS) is 17.5. The quantitative estimate of drug-likeness (QED) is 0.807. The molecule has 1 aliphatic rings. The number of aromatic nitrogens is 1. The van der Waals surface area contributed by atoms with E-state index in [1.807, 2.05) is 25.1 Å². The number of rotatable bonds is 6. The van der Waals surface area contributed by atoms with Gasteiger partial charge < -0.3 is 15.4 Å². The Morgan fingerprint density at radius 3 is 2.62 bits per heavy atom. The lowest BCUT2D eigenvalue weighted by molar-refractivity contribution is 0.223. The summed E-state index contributed by atoms with van der Waals surface area (Å²) in [6, 6.07) is 6.13. The van der Waals surface area contributed by atoms with Gasteiger partial charge in [0.1, 0.15) is 5.82 Å². The maximum Gasteiger partial charge on any atom is 0.215 e. The van der Waals surface area contributed by atoms with Gasteiger partial charge in [0.05, 0.1) is 17.6 Å². The first-order valence-corrected chi connectivity index (χ1v) is 7.94. The minimum atomic E-state index is 0.213. The smallest absolute Gasteiger partial charge is 0.215 e. The van der Waals surface area contributed by atoms with Crippen molar-refractivity contribution in [2.75, 3.05) is 37.7 Å². The zero-order valence-electron chi connectivity index (χ0n) is 12.8. The second-order valence-corrected chi connectivity index (χ2v) is 5.59. The predicted molar refractivity (Wildman–Crippen MR) is 90.1 cm³/mol. The van der Waals surface area contributed by atoms with E-state index in [2.05, 4.69) is 21.7 Å². The molecule has 0 aliphatic carbocycles. The van der Waals surface area contributed by atoms with Crippen LogP contribution in [0.25, 0.3) is 0 Å². The first kappa shape index (κ1) is 16.0. The van der Waals surface area contributed by atoms with Gasteiger partial charge in [0.25, 0.3) is 0 Å². The Morgan fingerprint density at radius 2 is 2.05 bits per heavy atom. The van der Waals surface area contributed by atoms with E-state index in [0.717, 1.165) is 38.4 Å². The Kier molecular flexibility index (Phi) is 5.76. The summed E-state index contributed by atoms with van der Waals surface area (Å²) < 4.78 is 5.46. The van der Waals surface area contributed by atoms with Gasteiger partial charge in [-0.15, -0.1) is 0 Å². The molecule has 1 fully saturated rings. The van der Waals surface area contributed by atoms with Crippen LogP contribution in [0.5, 0.6) is 5.88 Å². The van der Waals surface area contributed by atoms with Crippen LogP contribution in [0.1, 0.15) is 20.3 Å². The summed E-state index contributed by atoms with van der Waals surface area (Å²) in [5.74, 6) is 1.66. The number of anilines is 1. The van der Waals surface area contributed by atoms with Crippen LogP contribution in [0.2, 0.25) is 0 Å². The van der Waals surface area contributed by atoms with Gasteiger partial charge in [-0.05, 0) is 19.4 Å². The van der Waals surface area contributed by atoms with E-state index in [0.29, 0.717) is 17.5 Å². The third-order valence-corrected chi connectivity index (χ3v) is 4.07. The highest BCUT2D eigenvalue weighted by Gasteiger charge is 2.24. The lowest BCUT2D eigenvalue weighted by atomic mass is 10.1. The minimum absolute atomic E-state index is 0.213. The van der Waals surface area contributed by atoms with Crippen LogP contribution in [0, 0.1) is 0 Å². The number of thiocarbonyl (C=S) groups is 1. The Morgan fingerprint density at radius 1 is 1.33 bits per heavy atom. The molecule has 0 spiro atoms. The number of ether oxygens (including phenoxy) is 1. The summed E-state index contributed by atoms with van der Waals surface area (Å²) in [7, 11) is 0. The molecule has 0 aromatic carbocycles. The van der Waals surface area contributed by atoms with Crippen molar-refractivity contribution in [3.63, 3.8) is 0 Å². The second-order valence-electron chi connectivity index (χ2n) is 5.12. The third kappa shape index (κ3) is 4.04. The van der Waals surface area contributed by atoms with Gasteiger partial charge in [0.2, 0.25) is 5.88 Å². The average Bonchev–Trinajstić information content (AvgIpc) is 2.49. The maximum atomic E-state index is 5.82. The minimum Gasteiger partial charge on any atom is -0.478 e. The Balaban J connectivity index is 1.97. The fraction of sp³-hybridized carbons (Fsp3) is 0.600. The Hall–Kier alpha value is -1.40. The molecular formula is C15H24N4OS. The predicted octanol–water partition coefficient (Wildman–Crippen LogP) is 1.67. The number of pyridine rings is 1. The van der Waals surface area contributed by atoms with Crippen molar-refractivity contribution >= 4 is 23.0 Å². The number of nitrogens with zero attached hydrogens (tertiary/aromatic N) is 3. The van der Waals surface area contributed by atoms with E-state index >= 15 is 0 Å². The summed E-state index contributed by atoms with van der Waals surface area (Å²) in [6.07, 6.45) is 0.966. The van der Waals surface area contributed by atoms with E-state index in [9.17, 15) is 0 Å². The molecule has 1 aliphatic heterocycles. The van der Waals surface area contributed by atoms with Crippen molar-refractivity contribution in [1.82, 2.24) is 9.88 Å². The van der Waals surface area contributed by atoms with Crippen molar-refractivity contribution in [2.24, 2.45) is 5.73 Å². The second kappa shape index (κ2) is 7.56. The van der Waals surface area contributed by atoms with Gasteiger partial charge in [-0.25, -0.2) is 0 Å². The van der Waals surface area contributed by atoms with Crippen LogP contribution < -0.4 is 15.4 Å². The first-order chi connectivity index (χ1) is 10.2. The first-order valence-electron chi connectivity index (χ1n) is 7.53. The van der Waals surface area contributed by atoms with E-state index in [-0.39, 0.29) is 6.04 Å². The molecule has 0 radical (unpaired) electrons. The third-order valence-electron chi connectivity index (χ3n) is 3.80. The van der Waals surface area contributed by atoms with Gasteiger partial charge in [-0.2, -0.15) is 4.98 Å². The van der Waals surface area contributed by atoms with Crippen molar-refractivity contribution in [1.29, 1.82) is 0 Å². The van der Waals surface area contributed by atoms with E-state index in [1.165, 1.54) is 0 Å². The number of piperazine rings is 1. The monoisotopic (exact) mass is 308 g/mol. The van der Waals surface area contributed by atoms with Crippen LogP contribution in [0.15, 0.2) is 18.2 Å². The van der Waals surface area contributed by atoms with Crippen LogP contribution >= 0.6 is 12.2 Å². The zero-order valence-corrected chi connectivity index (χ0v) is 13.6. The van der Waals surface area contributed by atoms with Crippen LogP contribution in [-0.2, 0) is 0 Å². The highest BCUT2D eigenvalue weighted by molar-refractivity contribution is 7.80. The molecule has 1 atom stereocenters. The highest BCUT2D eigenvalue weighted by Crippen LogP contribution is 2.19. The van der Waals surface area contributed by atoms with E-state index in [4.69, 9.17) is 22.7 Å². The summed E-state index contributed by atoms with van der Waals surface area (Å²) in [4.78, 5) is 9.79. The molecule has 2 heterocycles. The molecule has 2 rings (SSSR count). The highest BCUT2D eigenvalue weighted by atomic mass is 32.1. The summed E-state index contributed by atoms with van der Waals surface area (Å²) in [6.45, 7) is 8.50. The number of hydrogen-bond acceptors (Lipinski definition) is 5.